The predicted octanol–water partition coefficient (Wildman–Crippen LogP) is 1.11. The second kappa shape index (κ2) is 4.33. The molecule has 1 aliphatic rings. The van der Waals surface area contributed by atoms with Crippen LogP contribution in [-0.4, -0.2) is 24.6 Å². The molecule has 0 aromatic carbocycles. The molecule has 2 N–H and O–H groups in total. The molecule has 1 unspecified atom stereocenters. The fraction of sp³-hybridized carbons (Fsp3) is 0.889. The molecule has 0 bridgehead atoms. The fourth-order valence-electron chi connectivity index (χ4n) is 1.33. The first kappa shape index (κ1) is 9.36. The Hall–Kier alpha value is -0.730. The molecule has 1 aliphatic heterocycles. The van der Waals surface area contributed by atoms with Crippen molar-refractivity contribution in [3.63, 3.8) is 0 Å². The summed E-state index contributed by atoms with van der Waals surface area (Å²) in [5.41, 5.74) is 0. The van der Waals surface area contributed by atoms with Crippen molar-refractivity contribution in [1.29, 1.82) is 0 Å². The Labute approximate surface area is 74.6 Å². The molecule has 0 amide bonds. The highest BCUT2D eigenvalue weighted by Crippen LogP contribution is 1.98. The van der Waals surface area contributed by atoms with Crippen molar-refractivity contribution in [2.45, 2.75) is 45.7 Å². The molecule has 0 radical (unpaired) electrons. The van der Waals surface area contributed by atoms with Crippen LogP contribution in [0.2, 0.25) is 0 Å². The van der Waals surface area contributed by atoms with Gasteiger partial charge in [0.05, 0.1) is 6.54 Å². The minimum atomic E-state index is 0.502. The number of guanidine groups is 1. The molecule has 1 heterocycles. The zero-order valence-corrected chi connectivity index (χ0v) is 8.22. The molecule has 0 aliphatic carbocycles. The van der Waals surface area contributed by atoms with E-state index in [0.717, 1.165) is 25.3 Å². The van der Waals surface area contributed by atoms with Crippen molar-refractivity contribution in [2.24, 2.45) is 4.99 Å². The van der Waals surface area contributed by atoms with Gasteiger partial charge in [0, 0.05) is 12.1 Å². The number of nitrogens with one attached hydrogen (secondary N) is 2. The third kappa shape index (κ3) is 2.40. The second-order valence-corrected chi connectivity index (χ2v) is 3.39. The molecule has 0 aromatic heterocycles. The first-order chi connectivity index (χ1) is 5.76. The molecule has 1 atom stereocenters. The molecule has 1 rings (SSSR count). The van der Waals surface area contributed by atoms with Gasteiger partial charge in [0.15, 0.2) is 5.96 Å². The van der Waals surface area contributed by atoms with Gasteiger partial charge in [-0.1, -0.05) is 13.8 Å². The summed E-state index contributed by atoms with van der Waals surface area (Å²) in [7, 11) is 0. The molecular formula is C9H19N3. The first-order valence-corrected chi connectivity index (χ1v) is 4.83. The molecular weight excluding hydrogens is 150 g/mol. The largest absolute Gasteiger partial charge is 0.354 e. The van der Waals surface area contributed by atoms with E-state index in [2.05, 4.69) is 36.4 Å². The van der Waals surface area contributed by atoms with Gasteiger partial charge in [0.25, 0.3) is 0 Å². The van der Waals surface area contributed by atoms with E-state index in [0.29, 0.717) is 12.1 Å². The lowest BCUT2D eigenvalue weighted by molar-refractivity contribution is 0.560. The van der Waals surface area contributed by atoms with Gasteiger partial charge in [0.1, 0.15) is 0 Å². The highest BCUT2D eigenvalue weighted by Gasteiger charge is 2.14. The van der Waals surface area contributed by atoms with Gasteiger partial charge in [-0.25, -0.2) is 0 Å². The number of rotatable bonds is 3. The molecule has 12 heavy (non-hydrogen) atoms. The molecule has 3 heteroatoms. The van der Waals surface area contributed by atoms with Crippen molar-refractivity contribution < 1.29 is 0 Å². The van der Waals surface area contributed by atoms with Crippen molar-refractivity contribution in [3.8, 4) is 0 Å². The molecule has 0 saturated heterocycles. The zero-order chi connectivity index (χ0) is 8.97. The fourth-order valence-corrected chi connectivity index (χ4v) is 1.33. The second-order valence-electron chi connectivity index (χ2n) is 3.39. The smallest absolute Gasteiger partial charge is 0.191 e. The van der Waals surface area contributed by atoms with Crippen molar-refractivity contribution in [3.05, 3.63) is 0 Å². The number of aliphatic imine (C=N–C) groups is 1. The quantitative estimate of drug-likeness (QED) is 0.664. The van der Waals surface area contributed by atoms with Gasteiger partial charge in [-0.2, -0.15) is 0 Å². The number of hydrogen-bond acceptors (Lipinski definition) is 3. The van der Waals surface area contributed by atoms with E-state index in [9.17, 15) is 0 Å². The van der Waals surface area contributed by atoms with Gasteiger partial charge in [-0.05, 0) is 19.8 Å². The van der Waals surface area contributed by atoms with Crippen LogP contribution in [-0.2, 0) is 0 Å². The summed E-state index contributed by atoms with van der Waals surface area (Å²) < 4.78 is 0. The Morgan fingerprint density at radius 1 is 1.58 bits per heavy atom. The lowest BCUT2D eigenvalue weighted by Crippen LogP contribution is -2.42. The van der Waals surface area contributed by atoms with Crippen LogP contribution >= 0.6 is 0 Å². The summed E-state index contributed by atoms with van der Waals surface area (Å²) in [6.07, 6.45) is 2.32. The summed E-state index contributed by atoms with van der Waals surface area (Å²) in [5.74, 6) is 0.983. The van der Waals surface area contributed by atoms with E-state index in [-0.39, 0.29) is 0 Å². The molecule has 3 nitrogen and oxygen atoms in total. The summed E-state index contributed by atoms with van der Waals surface area (Å²) in [6, 6.07) is 1.07. The summed E-state index contributed by atoms with van der Waals surface area (Å²) in [6.45, 7) is 7.44. The molecule has 0 aromatic rings. The molecule has 70 valence electrons. The highest BCUT2D eigenvalue weighted by atomic mass is 15.2. The van der Waals surface area contributed by atoms with Crippen molar-refractivity contribution >= 4 is 5.96 Å². The zero-order valence-electron chi connectivity index (χ0n) is 8.22. The Morgan fingerprint density at radius 2 is 2.25 bits per heavy atom. The summed E-state index contributed by atoms with van der Waals surface area (Å²) in [5, 5.41) is 6.68. The lowest BCUT2D eigenvalue weighted by atomic mass is 10.2. The Kier molecular flexibility index (Phi) is 3.38. The number of nitrogens with zero attached hydrogens (tertiary/aromatic N) is 1. The average Bonchev–Trinajstić information content (AvgIpc) is 2.47. The maximum absolute atomic E-state index is 4.35. The lowest BCUT2D eigenvalue weighted by Gasteiger charge is -2.16. The van der Waals surface area contributed by atoms with E-state index >= 15 is 0 Å². The predicted molar refractivity (Wildman–Crippen MR) is 52.4 cm³/mol. The van der Waals surface area contributed by atoms with Crippen molar-refractivity contribution in [2.75, 3.05) is 6.54 Å². The summed E-state index contributed by atoms with van der Waals surface area (Å²) >= 11 is 0. The standard InChI is InChI=1S/C9H19N3/c1-4-8(5-2)12-9-10-6-7(3)11-9/h7-8H,4-6H2,1-3H3,(H2,10,11,12). The van der Waals surface area contributed by atoms with Crippen molar-refractivity contribution in [1.82, 2.24) is 10.6 Å². The van der Waals surface area contributed by atoms with Crippen LogP contribution in [0.4, 0.5) is 0 Å². The Morgan fingerprint density at radius 3 is 2.67 bits per heavy atom. The molecule has 0 fully saturated rings. The maximum Gasteiger partial charge on any atom is 0.191 e. The Bertz CT molecular complexity index is 161. The molecule has 0 spiro atoms. The Balaban J connectivity index is 2.30. The van der Waals surface area contributed by atoms with Crippen LogP contribution in [0.25, 0.3) is 0 Å². The minimum Gasteiger partial charge on any atom is -0.354 e. The third-order valence-electron chi connectivity index (χ3n) is 2.23. The normalized spacial score (nSPS) is 22.3. The van der Waals surface area contributed by atoms with E-state index in [1.807, 2.05) is 0 Å². The van der Waals surface area contributed by atoms with Crippen LogP contribution < -0.4 is 10.6 Å². The summed E-state index contributed by atoms with van der Waals surface area (Å²) in [4.78, 5) is 4.35. The minimum absolute atomic E-state index is 0.502. The van der Waals surface area contributed by atoms with Crippen LogP contribution in [0.3, 0.4) is 0 Å². The monoisotopic (exact) mass is 169 g/mol. The van der Waals surface area contributed by atoms with E-state index < -0.39 is 0 Å². The van der Waals surface area contributed by atoms with Gasteiger partial charge < -0.3 is 10.6 Å². The van der Waals surface area contributed by atoms with Gasteiger partial charge >= 0.3 is 0 Å². The average molecular weight is 169 g/mol. The van der Waals surface area contributed by atoms with Crippen LogP contribution in [0, 0.1) is 0 Å². The maximum atomic E-state index is 4.35. The SMILES string of the molecule is CCC(CC)NC1=NCC(C)N1. The van der Waals surface area contributed by atoms with E-state index in [4.69, 9.17) is 0 Å². The topological polar surface area (TPSA) is 36.4 Å². The first-order valence-electron chi connectivity index (χ1n) is 4.83. The van der Waals surface area contributed by atoms with Crippen LogP contribution in [0.5, 0.6) is 0 Å². The van der Waals surface area contributed by atoms with Crippen LogP contribution in [0.15, 0.2) is 4.99 Å². The number of hydrogen-bond donors (Lipinski definition) is 2. The van der Waals surface area contributed by atoms with E-state index in [1.165, 1.54) is 0 Å². The van der Waals surface area contributed by atoms with E-state index in [1.54, 1.807) is 0 Å². The third-order valence-corrected chi connectivity index (χ3v) is 2.23. The molecule has 0 saturated carbocycles. The van der Waals surface area contributed by atoms with Gasteiger partial charge in [0.2, 0.25) is 0 Å². The highest BCUT2D eigenvalue weighted by molar-refractivity contribution is 5.81. The van der Waals surface area contributed by atoms with Gasteiger partial charge in [-0.15, -0.1) is 0 Å². The van der Waals surface area contributed by atoms with Crippen LogP contribution in [0.1, 0.15) is 33.6 Å². The van der Waals surface area contributed by atoms with Gasteiger partial charge in [-0.3, -0.25) is 4.99 Å².